The minimum absolute atomic E-state index is 0.0173. The first-order valence-electron chi connectivity index (χ1n) is 9.02. The van der Waals surface area contributed by atoms with E-state index >= 15 is 0 Å². The Morgan fingerprint density at radius 2 is 1.89 bits per heavy atom. The highest BCUT2D eigenvalue weighted by Crippen LogP contribution is 2.20. The number of benzene rings is 2. The van der Waals surface area contributed by atoms with E-state index in [0.29, 0.717) is 13.0 Å². The van der Waals surface area contributed by atoms with E-state index in [4.69, 9.17) is 4.74 Å². The Morgan fingerprint density at radius 3 is 2.59 bits per heavy atom. The van der Waals surface area contributed by atoms with Crippen LogP contribution in [0, 0.1) is 0 Å². The second-order valence-corrected chi connectivity index (χ2v) is 8.94. The third-order valence-corrected chi connectivity index (χ3v) is 6.63. The largest absolute Gasteiger partial charge is 0.455 e. The summed E-state index contributed by atoms with van der Waals surface area (Å²) in [6.45, 7) is 1.81. The predicted molar refractivity (Wildman–Crippen MR) is 103 cm³/mol. The van der Waals surface area contributed by atoms with Gasteiger partial charge in [-0.3, -0.25) is 9.59 Å². The van der Waals surface area contributed by atoms with E-state index in [1.165, 1.54) is 4.90 Å². The number of rotatable bonds is 6. The van der Waals surface area contributed by atoms with Crippen LogP contribution in [0.4, 0.5) is 0 Å². The van der Waals surface area contributed by atoms with E-state index in [9.17, 15) is 18.0 Å². The molecule has 3 rings (SSSR count). The lowest BCUT2D eigenvalue weighted by atomic mass is 10.0. The van der Waals surface area contributed by atoms with Gasteiger partial charge in [-0.05, 0) is 29.7 Å². The summed E-state index contributed by atoms with van der Waals surface area (Å²) < 4.78 is 28.4. The van der Waals surface area contributed by atoms with Gasteiger partial charge in [0.05, 0.1) is 17.9 Å². The van der Waals surface area contributed by atoms with Gasteiger partial charge in [0, 0.05) is 12.6 Å². The average Bonchev–Trinajstić information content (AvgIpc) is 3.00. The maximum Gasteiger partial charge on any atom is 0.310 e. The van der Waals surface area contributed by atoms with E-state index in [2.05, 4.69) is 0 Å². The summed E-state index contributed by atoms with van der Waals surface area (Å²) >= 11 is 0. The Kier molecular flexibility index (Phi) is 5.79. The van der Waals surface area contributed by atoms with Crippen LogP contribution in [0.5, 0.6) is 0 Å². The van der Waals surface area contributed by atoms with Crippen molar-refractivity contribution in [3.8, 4) is 0 Å². The Hall–Kier alpha value is -2.41. The Morgan fingerprint density at radius 1 is 1.15 bits per heavy atom. The molecule has 0 N–H and O–H groups in total. The van der Waals surface area contributed by atoms with Gasteiger partial charge < -0.3 is 9.64 Å². The molecule has 1 heterocycles. The zero-order valence-corrected chi connectivity index (χ0v) is 16.1. The van der Waals surface area contributed by atoms with E-state index in [-0.39, 0.29) is 36.5 Å². The SMILES string of the molecule is CCN(C(=O)COC(=O)Cc1cccc2ccccc12)[C@@H]1CCS(=O)(=O)C1. The molecule has 1 aliphatic heterocycles. The molecule has 0 spiro atoms. The maximum absolute atomic E-state index is 12.4. The number of sulfone groups is 1. The van der Waals surface area contributed by atoms with Crippen LogP contribution >= 0.6 is 0 Å². The fourth-order valence-corrected chi connectivity index (χ4v) is 5.27. The number of ether oxygens (including phenoxy) is 1. The number of likely N-dealkylation sites (N-methyl/N-ethyl adjacent to an activating group) is 1. The van der Waals surface area contributed by atoms with Crippen LogP contribution in [0.25, 0.3) is 10.8 Å². The number of hydrogen-bond acceptors (Lipinski definition) is 5. The van der Waals surface area contributed by atoms with Gasteiger partial charge >= 0.3 is 5.97 Å². The van der Waals surface area contributed by atoms with Crippen LogP contribution in [0.15, 0.2) is 42.5 Å². The molecule has 1 atom stereocenters. The smallest absolute Gasteiger partial charge is 0.310 e. The second kappa shape index (κ2) is 8.08. The van der Waals surface area contributed by atoms with Crippen LogP contribution in [-0.2, 0) is 30.6 Å². The van der Waals surface area contributed by atoms with Gasteiger partial charge in [0.15, 0.2) is 16.4 Å². The lowest BCUT2D eigenvalue weighted by Gasteiger charge is -2.26. The van der Waals surface area contributed by atoms with E-state index in [1.54, 1.807) is 6.92 Å². The number of carbonyl (C=O) groups excluding carboxylic acids is 2. The van der Waals surface area contributed by atoms with Crippen LogP contribution in [0.2, 0.25) is 0 Å². The van der Waals surface area contributed by atoms with Crippen LogP contribution in [-0.4, -0.2) is 55.9 Å². The minimum atomic E-state index is -3.08. The molecule has 2 aromatic rings. The van der Waals surface area contributed by atoms with Gasteiger partial charge in [0.1, 0.15) is 0 Å². The molecule has 1 aliphatic rings. The summed E-state index contributed by atoms with van der Waals surface area (Å²) in [5.74, 6) is -0.751. The van der Waals surface area contributed by atoms with Gasteiger partial charge in [-0.25, -0.2) is 8.42 Å². The van der Waals surface area contributed by atoms with Crippen molar-refractivity contribution >= 4 is 32.5 Å². The third-order valence-electron chi connectivity index (χ3n) is 4.88. The highest BCUT2D eigenvalue weighted by molar-refractivity contribution is 7.91. The summed E-state index contributed by atoms with van der Waals surface area (Å²) in [6, 6.07) is 13.2. The summed E-state index contributed by atoms with van der Waals surface area (Å²) in [5, 5.41) is 2.02. The maximum atomic E-state index is 12.4. The second-order valence-electron chi connectivity index (χ2n) is 6.71. The van der Waals surface area contributed by atoms with Gasteiger partial charge in [-0.15, -0.1) is 0 Å². The molecule has 0 unspecified atom stereocenters. The predicted octanol–water partition coefficient (Wildman–Crippen LogP) is 1.96. The lowest BCUT2D eigenvalue weighted by Crippen LogP contribution is -2.43. The number of fused-ring (bicyclic) bond motifs is 1. The third kappa shape index (κ3) is 4.66. The Labute approximate surface area is 159 Å². The van der Waals surface area contributed by atoms with Crippen molar-refractivity contribution in [3.63, 3.8) is 0 Å². The molecule has 144 valence electrons. The van der Waals surface area contributed by atoms with Gasteiger partial charge in [0.25, 0.3) is 5.91 Å². The molecule has 1 saturated heterocycles. The number of hydrogen-bond donors (Lipinski definition) is 0. The fourth-order valence-electron chi connectivity index (χ4n) is 3.54. The van der Waals surface area contributed by atoms with E-state index in [0.717, 1.165) is 16.3 Å². The first-order valence-corrected chi connectivity index (χ1v) is 10.8. The van der Waals surface area contributed by atoms with Gasteiger partial charge in [-0.2, -0.15) is 0 Å². The molecule has 2 aromatic carbocycles. The van der Waals surface area contributed by atoms with E-state index < -0.39 is 15.8 Å². The zero-order valence-electron chi connectivity index (χ0n) is 15.3. The summed E-state index contributed by atoms with van der Waals surface area (Å²) in [6.07, 6.45) is 0.518. The molecule has 6 nitrogen and oxygen atoms in total. The number of esters is 1. The summed E-state index contributed by atoms with van der Waals surface area (Å²) in [4.78, 5) is 26.1. The highest BCUT2D eigenvalue weighted by Gasteiger charge is 2.34. The van der Waals surface area contributed by atoms with Crippen molar-refractivity contribution in [2.45, 2.75) is 25.8 Å². The fraction of sp³-hybridized carbons (Fsp3) is 0.400. The number of carbonyl (C=O) groups is 2. The topological polar surface area (TPSA) is 80.8 Å². The van der Waals surface area contributed by atoms with Crippen molar-refractivity contribution < 1.29 is 22.7 Å². The molecule has 0 bridgehead atoms. The Bertz CT molecular complexity index is 949. The van der Waals surface area contributed by atoms with Crippen molar-refractivity contribution in [2.75, 3.05) is 24.7 Å². The molecule has 7 heteroatoms. The number of amides is 1. The van der Waals surface area contributed by atoms with Crippen molar-refractivity contribution in [1.29, 1.82) is 0 Å². The summed E-state index contributed by atoms with van der Waals surface area (Å²) in [7, 11) is -3.08. The van der Waals surface area contributed by atoms with Gasteiger partial charge in [0.2, 0.25) is 0 Å². The number of nitrogens with zero attached hydrogens (tertiary/aromatic N) is 1. The molecule has 0 saturated carbocycles. The van der Waals surface area contributed by atoms with E-state index in [1.807, 2.05) is 42.5 Å². The quantitative estimate of drug-likeness (QED) is 0.706. The minimum Gasteiger partial charge on any atom is -0.455 e. The standard InChI is InChI=1S/C20H23NO5S/c1-2-21(17-10-11-27(24,25)14-17)19(22)13-26-20(23)12-16-8-5-7-15-6-3-4-9-18(15)16/h3-9,17H,2,10-14H2,1H3/t17-/m1/s1. The molecule has 0 radical (unpaired) electrons. The highest BCUT2D eigenvalue weighted by atomic mass is 32.2. The van der Waals surface area contributed by atoms with Crippen molar-refractivity contribution in [1.82, 2.24) is 4.90 Å². The van der Waals surface area contributed by atoms with Crippen LogP contribution < -0.4 is 0 Å². The molecule has 0 aromatic heterocycles. The molecule has 1 amide bonds. The normalized spacial score (nSPS) is 18.3. The molecule has 0 aliphatic carbocycles. The lowest BCUT2D eigenvalue weighted by molar-refractivity contribution is -0.152. The molecule has 27 heavy (non-hydrogen) atoms. The van der Waals surface area contributed by atoms with Crippen LogP contribution in [0.1, 0.15) is 18.9 Å². The Balaban J connectivity index is 1.59. The molecular formula is C20H23NO5S. The van der Waals surface area contributed by atoms with Crippen molar-refractivity contribution in [2.24, 2.45) is 0 Å². The monoisotopic (exact) mass is 389 g/mol. The molecule has 1 fully saturated rings. The zero-order chi connectivity index (χ0) is 19.4. The first-order chi connectivity index (χ1) is 12.9. The first kappa shape index (κ1) is 19.4. The van der Waals surface area contributed by atoms with Gasteiger partial charge in [-0.1, -0.05) is 42.5 Å². The average molecular weight is 389 g/mol. The molecular weight excluding hydrogens is 366 g/mol. The van der Waals surface area contributed by atoms with Crippen molar-refractivity contribution in [3.05, 3.63) is 48.0 Å². The van der Waals surface area contributed by atoms with Crippen LogP contribution in [0.3, 0.4) is 0 Å². The summed E-state index contributed by atoms with van der Waals surface area (Å²) in [5.41, 5.74) is 0.847.